The Morgan fingerprint density at radius 2 is 1.78 bits per heavy atom. The molecule has 0 radical (unpaired) electrons. The maximum absolute atomic E-state index is 12.6. The van der Waals surface area contributed by atoms with E-state index in [1.807, 2.05) is 11.0 Å². The molecular formula is C21H33N5O. The van der Waals surface area contributed by atoms with Crippen molar-refractivity contribution >= 4 is 17.6 Å². The Kier molecular flexibility index (Phi) is 7.36. The van der Waals surface area contributed by atoms with Gasteiger partial charge in [0.05, 0.1) is 0 Å². The van der Waals surface area contributed by atoms with Gasteiger partial charge >= 0.3 is 0 Å². The largest absolute Gasteiger partial charge is 0.368 e. The number of amides is 1. The summed E-state index contributed by atoms with van der Waals surface area (Å²) in [6.45, 7) is 6.35. The fourth-order valence-corrected chi connectivity index (χ4v) is 3.86. The number of rotatable bonds is 5. The number of nitrogens with zero attached hydrogens (tertiary/aromatic N) is 3. The van der Waals surface area contributed by atoms with Crippen LogP contribution in [0.2, 0.25) is 0 Å². The summed E-state index contributed by atoms with van der Waals surface area (Å²) >= 11 is 0. The summed E-state index contributed by atoms with van der Waals surface area (Å²) in [6, 6.07) is 10.9. The maximum atomic E-state index is 12.6. The van der Waals surface area contributed by atoms with Crippen molar-refractivity contribution in [2.75, 3.05) is 44.2 Å². The molecule has 3 rings (SSSR count). The number of carbonyl (C=O) groups is 1. The van der Waals surface area contributed by atoms with Gasteiger partial charge in [0, 0.05) is 44.5 Å². The van der Waals surface area contributed by atoms with Crippen LogP contribution in [0.4, 0.5) is 5.69 Å². The second-order valence-electron chi connectivity index (χ2n) is 7.38. The molecule has 0 aromatic heterocycles. The van der Waals surface area contributed by atoms with E-state index in [1.54, 1.807) is 0 Å². The van der Waals surface area contributed by atoms with Crippen LogP contribution in [0.1, 0.15) is 39.0 Å². The first-order valence-corrected chi connectivity index (χ1v) is 10.4. The van der Waals surface area contributed by atoms with E-state index in [9.17, 15) is 4.79 Å². The van der Waals surface area contributed by atoms with E-state index < -0.39 is 0 Å². The molecule has 1 heterocycles. The molecule has 2 N–H and O–H groups in total. The number of benzene rings is 1. The van der Waals surface area contributed by atoms with Crippen molar-refractivity contribution in [3.63, 3.8) is 0 Å². The van der Waals surface area contributed by atoms with Crippen molar-refractivity contribution in [1.29, 1.82) is 0 Å². The van der Waals surface area contributed by atoms with Gasteiger partial charge in [-0.3, -0.25) is 4.79 Å². The zero-order chi connectivity index (χ0) is 18.9. The van der Waals surface area contributed by atoms with Crippen LogP contribution >= 0.6 is 0 Å². The van der Waals surface area contributed by atoms with Crippen molar-refractivity contribution in [3.05, 3.63) is 30.3 Å². The highest BCUT2D eigenvalue weighted by Gasteiger charge is 2.21. The second-order valence-corrected chi connectivity index (χ2v) is 7.38. The average molecular weight is 372 g/mol. The highest BCUT2D eigenvalue weighted by molar-refractivity contribution is 5.85. The Morgan fingerprint density at radius 1 is 1.07 bits per heavy atom. The summed E-state index contributed by atoms with van der Waals surface area (Å²) in [4.78, 5) is 21.4. The molecule has 0 atom stereocenters. The maximum Gasteiger partial charge on any atom is 0.244 e. The third kappa shape index (κ3) is 5.88. The minimum atomic E-state index is 0.114. The molecule has 1 saturated carbocycles. The van der Waals surface area contributed by atoms with Crippen LogP contribution in [0.3, 0.4) is 0 Å². The van der Waals surface area contributed by atoms with Crippen molar-refractivity contribution in [2.24, 2.45) is 4.99 Å². The number of para-hydroxylation sites is 1. The SMILES string of the molecule is CCNC(=NCC(=O)N1CCN(c2ccccc2)CC1)NC1CCCCC1. The number of aliphatic imine (C=N–C) groups is 1. The predicted octanol–water partition coefficient (Wildman–Crippen LogP) is 2.22. The highest BCUT2D eigenvalue weighted by Crippen LogP contribution is 2.17. The number of piperazine rings is 1. The number of nitrogens with one attached hydrogen (secondary N) is 2. The molecule has 0 unspecified atom stereocenters. The lowest BCUT2D eigenvalue weighted by Crippen LogP contribution is -2.50. The lowest BCUT2D eigenvalue weighted by atomic mass is 9.96. The van der Waals surface area contributed by atoms with Crippen molar-refractivity contribution in [1.82, 2.24) is 15.5 Å². The van der Waals surface area contributed by atoms with E-state index in [0.29, 0.717) is 6.04 Å². The number of hydrogen-bond acceptors (Lipinski definition) is 3. The van der Waals surface area contributed by atoms with Crippen molar-refractivity contribution < 1.29 is 4.79 Å². The third-order valence-corrected chi connectivity index (χ3v) is 5.42. The molecule has 6 nitrogen and oxygen atoms in total. The second kappa shape index (κ2) is 10.2. The van der Waals surface area contributed by atoms with Crippen LogP contribution in [-0.2, 0) is 4.79 Å². The van der Waals surface area contributed by atoms with E-state index in [0.717, 1.165) is 38.7 Å². The molecule has 148 valence electrons. The van der Waals surface area contributed by atoms with Crippen molar-refractivity contribution in [3.8, 4) is 0 Å². The molecule has 1 aromatic carbocycles. The summed E-state index contributed by atoms with van der Waals surface area (Å²) in [5.41, 5.74) is 1.23. The molecule has 27 heavy (non-hydrogen) atoms. The van der Waals surface area contributed by atoms with Crippen LogP contribution < -0.4 is 15.5 Å². The predicted molar refractivity (Wildman–Crippen MR) is 111 cm³/mol. The fourth-order valence-electron chi connectivity index (χ4n) is 3.86. The van der Waals surface area contributed by atoms with Gasteiger partial charge in [-0.05, 0) is 31.9 Å². The van der Waals surface area contributed by atoms with Crippen molar-refractivity contribution in [2.45, 2.75) is 45.1 Å². The summed E-state index contributed by atoms with van der Waals surface area (Å²) in [5, 5.41) is 6.78. The molecule has 0 spiro atoms. The quantitative estimate of drug-likeness (QED) is 0.616. The normalized spacial score (nSPS) is 19.1. The molecule has 1 aliphatic carbocycles. The molecule has 1 aromatic rings. The Balaban J connectivity index is 1.47. The number of hydrogen-bond donors (Lipinski definition) is 2. The smallest absolute Gasteiger partial charge is 0.244 e. The van der Waals surface area contributed by atoms with Crippen LogP contribution in [0.5, 0.6) is 0 Å². The monoisotopic (exact) mass is 371 g/mol. The van der Waals surface area contributed by atoms with Crippen LogP contribution in [-0.4, -0.2) is 62.1 Å². The molecule has 0 bridgehead atoms. The van der Waals surface area contributed by atoms with Gasteiger partial charge in [0.15, 0.2) is 5.96 Å². The van der Waals surface area contributed by atoms with Crippen LogP contribution in [0.15, 0.2) is 35.3 Å². The molecule has 2 aliphatic rings. The Morgan fingerprint density at radius 3 is 2.44 bits per heavy atom. The van der Waals surface area contributed by atoms with Crippen LogP contribution in [0, 0.1) is 0 Å². The Bertz CT molecular complexity index is 604. The fraction of sp³-hybridized carbons (Fsp3) is 0.619. The highest BCUT2D eigenvalue weighted by atomic mass is 16.2. The summed E-state index contributed by atoms with van der Waals surface area (Å²) in [5.74, 6) is 0.893. The third-order valence-electron chi connectivity index (χ3n) is 5.42. The minimum Gasteiger partial charge on any atom is -0.368 e. The van der Waals surface area contributed by atoms with Gasteiger partial charge in [-0.25, -0.2) is 4.99 Å². The number of carbonyl (C=O) groups excluding carboxylic acids is 1. The number of anilines is 1. The first-order chi connectivity index (χ1) is 13.3. The van der Waals surface area contributed by atoms with E-state index in [-0.39, 0.29) is 12.5 Å². The first-order valence-electron chi connectivity index (χ1n) is 10.4. The lowest BCUT2D eigenvalue weighted by molar-refractivity contribution is -0.129. The average Bonchev–Trinajstić information content (AvgIpc) is 2.73. The first kappa shape index (κ1) is 19.5. The number of guanidine groups is 1. The van der Waals surface area contributed by atoms with E-state index in [4.69, 9.17) is 0 Å². The Labute approximate surface area is 163 Å². The zero-order valence-electron chi connectivity index (χ0n) is 16.5. The van der Waals surface area contributed by atoms with Gasteiger partial charge in [-0.1, -0.05) is 37.5 Å². The van der Waals surface area contributed by atoms with Gasteiger partial charge in [0.25, 0.3) is 0 Å². The van der Waals surface area contributed by atoms with Gasteiger partial charge in [-0.15, -0.1) is 0 Å². The minimum absolute atomic E-state index is 0.114. The van der Waals surface area contributed by atoms with E-state index in [2.05, 4.69) is 51.7 Å². The topological polar surface area (TPSA) is 60.0 Å². The van der Waals surface area contributed by atoms with Gasteiger partial charge in [0.1, 0.15) is 6.54 Å². The molecule has 1 amide bonds. The molecule has 1 saturated heterocycles. The summed E-state index contributed by atoms with van der Waals surface area (Å²) in [6.07, 6.45) is 6.28. The molecule has 1 aliphatic heterocycles. The van der Waals surface area contributed by atoms with E-state index >= 15 is 0 Å². The van der Waals surface area contributed by atoms with E-state index in [1.165, 1.54) is 37.8 Å². The standard InChI is InChI=1S/C21H33N5O/c1-2-22-21(24-18-9-5-3-6-10-18)23-17-20(27)26-15-13-25(14-16-26)19-11-7-4-8-12-19/h4,7-8,11-12,18H,2-3,5-6,9-10,13-17H2,1H3,(H2,22,23,24). The van der Waals surface area contributed by atoms with Gasteiger partial charge in [0.2, 0.25) is 5.91 Å². The van der Waals surface area contributed by atoms with Crippen LogP contribution in [0.25, 0.3) is 0 Å². The molecule has 6 heteroatoms. The summed E-state index contributed by atoms with van der Waals surface area (Å²) in [7, 11) is 0. The molecular weight excluding hydrogens is 338 g/mol. The lowest BCUT2D eigenvalue weighted by Gasteiger charge is -2.36. The Hall–Kier alpha value is -2.24. The van der Waals surface area contributed by atoms with Gasteiger partial charge < -0.3 is 20.4 Å². The molecule has 2 fully saturated rings. The van der Waals surface area contributed by atoms with Gasteiger partial charge in [-0.2, -0.15) is 0 Å². The zero-order valence-corrected chi connectivity index (χ0v) is 16.5. The summed E-state index contributed by atoms with van der Waals surface area (Å²) < 4.78 is 0.